The largest absolute Gasteiger partial charge is 0.398 e. The molecule has 0 aromatic carbocycles. The maximum Gasteiger partial charge on any atom is 0.250 e. The molecule has 1 aromatic heterocycles. The lowest BCUT2D eigenvalue weighted by atomic mass is 10.2. The smallest absolute Gasteiger partial charge is 0.250 e. The van der Waals surface area contributed by atoms with Crippen LogP contribution in [0.1, 0.15) is 20.3 Å². The molecule has 6 heteroatoms. The Bertz CT molecular complexity index is 549. The SMILES string of the molecule is CCC(C)CS(=O)(=O)CCn1cc(N)ccc1=O. The highest BCUT2D eigenvalue weighted by atomic mass is 32.2. The number of anilines is 1. The van der Waals surface area contributed by atoms with Gasteiger partial charge in [-0.25, -0.2) is 8.42 Å². The fourth-order valence-electron chi connectivity index (χ4n) is 1.60. The second kappa shape index (κ2) is 6.04. The van der Waals surface area contributed by atoms with Crippen molar-refractivity contribution in [3.8, 4) is 0 Å². The summed E-state index contributed by atoms with van der Waals surface area (Å²) in [5.74, 6) is 0.286. The summed E-state index contributed by atoms with van der Waals surface area (Å²) in [6.45, 7) is 4.02. The fourth-order valence-corrected chi connectivity index (χ4v) is 3.34. The van der Waals surface area contributed by atoms with E-state index in [0.717, 1.165) is 6.42 Å². The Morgan fingerprint density at radius 2 is 2.06 bits per heavy atom. The molecule has 1 rings (SSSR count). The molecular formula is C12H20N2O3S. The van der Waals surface area contributed by atoms with Crippen molar-refractivity contribution in [1.29, 1.82) is 0 Å². The second-order valence-electron chi connectivity index (χ2n) is 4.62. The van der Waals surface area contributed by atoms with Crippen LogP contribution in [-0.4, -0.2) is 24.5 Å². The quantitative estimate of drug-likeness (QED) is 0.833. The Morgan fingerprint density at radius 3 is 2.67 bits per heavy atom. The van der Waals surface area contributed by atoms with Gasteiger partial charge in [-0.15, -0.1) is 0 Å². The van der Waals surface area contributed by atoms with Crippen LogP contribution in [0.4, 0.5) is 5.69 Å². The lowest BCUT2D eigenvalue weighted by molar-refractivity contribution is 0.558. The van der Waals surface area contributed by atoms with Gasteiger partial charge in [0, 0.05) is 24.5 Å². The summed E-state index contributed by atoms with van der Waals surface area (Å²) in [4.78, 5) is 11.5. The molecule has 0 aliphatic rings. The molecular weight excluding hydrogens is 252 g/mol. The number of pyridine rings is 1. The highest BCUT2D eigenvalue weighted by molar-refractivity contribution is 7.91. The van der Waals surface area contributed by atoms with E-state index in [-0.39, 0.29) is 29.5 Å². The van der Waals surface area contributed by atoms with Gasteiger partial charge in [0.05, 0.1) is 11.5 Å². The first-order valence-corrected chi connectivity index (χ1v) is 7.82. The van der Waals surface area contributed by atoms with Crippen LogP contribution < -0.4 is 11.3 Å². The summed E-state index contributed by atoms with van der Waals surface area (Å²) in [7, 11) is -3.12. The minimum Gasteiger partial charge on any atom is -0.398 e. The topological polar surface area (TPSA) is 82.2 Å². The summed E-state index contributed by atoms with van der Waals surface area (Å²) < 4.78 is 25.0. The van der Waals surface area contributed by atoms with Gasteiger partial charge < -0.3 is 10.3 Å². The van der Waals surface area contributed by atoms with Crippen LogP contribution >= 0.6 is 0 Å². The molecule has 0 fully saturated rings. The monoisotopic (exact) mass is 272 g/mol. The summed E-state index contributed by atoms with van der Waals surface area (Å²) in [6.07, 6.45) is 2.30. The first-order valence-electron chi connectivity index (χ1n) is 6.00. The van der Waals surface area contributed by atoms with Crippen molar-refractivity contribution in [1.82, 2.24) is 4.57 Å². The molecule has 2 N–H and O–H groups in total. The Morgan fingerprint density at radius 1 is 1.39 bits per heavy atom. The lowest BCUT2D eigenvalue weighted by Crippen LogP contribution is -2.25. The molecule has 0 radical (unpaired) electrons. The molecule has 0 aliphatic carbocycles. The standard InChI is InChI=1S/C12H20N2O3S/c1-3-10(2)9-18(16,17)7-6-14-8-11(13)4-5-12(14)15/h4-5,8,10H,3,6-7,9,13H2,1-2H3. The van der Waals surface area contributed by atoms with Crippen LogP contribution in [0.3, 0.4) is 0 Å². The third-order valence-corrected chi connectivity index (χ3v) is 4.77. The van der Waals surface area contributed by atoms with Gasteiger partial charge in [-0.05, 0) is 12.0 Å². The second-order valence-corrected chi connectivity index (χ2v) is 6.85. The number of rotatable bonds is 6. The van der Waals surface area contributed by atoms with Crippen LogP contribution in [0.15, 0.2) is 23.1 Å². The van der Waals surface area contributed by atoms with Gasteiger partial charge in [-0.3, -0.25) is 4.79 Å². The van der Waals surface area contributed by atoms with Gasteiger partial charge in [0.25, 0.3) is 5.56 Å². The zero-order chi connectivity index (χ0) is 13.8. The van der Waals surface area contributed by atoms with E-state index in [1.165, 1.54) is 22.9 Å². The molecule has 1 aromatic rings. The molecule has 0 saturated heterocycles. The number of nitrogen functional groups attached to an aromatic ring is 1. The molecule has 1 unspecified atom stereocenters. The van der Waals surface area contributed by atoms with Crippen molar-refractivity contribution < 1.29 is 8.42 Å². The molecule has 1 atom stereocenters. The van der Waals surface area contributed by atoms with Crippen molar-refractivity contribution in [2.75, 3.05) is 17.2 Å². The Kier molecular flexibility index (Phi) is 4.95. The van der Waals surface area contributed by atoms with E-state index in [1.807, 2.05) is 13.8 Å². The number of aryl methyl sites for hydroxylation is 1. The summed E-state index contributed by atoms with van der Waals surface area (Å²) in [5, 5.41) is 0. The zero-order valence-electron chi connectivity index (χ0n) is 10.8. The Hall–Kier alpha value is -1.30. The Labute approximate surface area is 108 Å². The van der Waals surface area contributed by atoms with Crippen LogP contribution in [-0.2, 0) is 16.4 Å². The molecule has 102 valence electrons. The van der Waals surface area contributed by atoms with Gasteiger partial charge in [0.2, 0.25) is 0 Å². The van der Waals surface area contributed by atoms with E-state index in [1.54, 1.807) is 0 Å². The van der Waals surface area contributed by atoms with E-state index in [0.29, 0.717) is 5.69 Å². The van der Waals surface area contributed by atoms with Crippen LogP contribution in [0.5, 0.6) is 0 Å². The van der Waals surface area contributed by atoms with Crippen LogP contribution in [0, 0.1) is 5.92 Å². The van der Waals surface area contributed by atoms with Crippen molar-refractivity contribution in [2.24, 2.45) is 5.92 Å². The third-order valence-electron chi connectivity index (χ3n) is 2.88. The van der Waals surface area contributed by atoms with E-state index in [2.05, 4.69) is 0 Å². The normalized spacial score (nSPS) is 13.4. The van der Waals surface area contributed by atoms with E-state index in [4.69, 9.17) is 5.73 Å². The molecule has 0 aliphatic heterocycles. The van der Waals surface area contributed by atoms with Gasteiger partial charge in [0.1, 0.15) is 0 Å². The highest BCUT2D eigenvalue weighted by Gasteiger charge is 2.15. The summed E-state index contributed by atoms with van der Waals surface area (Å²) in [5.41, 5.74) is 5.78. The minimum atomic E-state index is -3.12. The summed E-state index contributed by atoms with van der Waals surface area (Å²) in [6, 6.07) is 2.85. The Balaban J connectivity index is 2.70. The third kappa shape index (κ3) is 4.52. The van der Waals surface area contributed by atoms with Crippen molar-refractivity contribution >= 4 is 15.5 Å². The number of hydrogen-bond acceptors (Lipinski definition) is 4. The molecule has 0 bridgehead atoms. The van der Waals surface area contributed by atoms with Crippen molar-refractivity contribution in [3.63, 3.8) is 0 Å². The maximum absolute atomic E-state index is 11.8. The average molecular weight is 272 g/mol. The lowest BCUT2D eigenvalue weighted by Gasteiger charge is -2.10. The molecule has 1 heterocycles. The summed E-state index contributed by atoms with van der Waals surface area (Å²) >= 11 is 0. The van der Waals surface area contributed by atoms with E-state index < -0.39 is 9.84 Å². The van der Waals surface area contributed by atoms with Crippen LogP contribution in [0.2, 0.25) is 0 Å². The number of nitrogens with zero attached hydrogens (tertiary/aromatic N) is 1. The predicted octanol–water partition coefficient (Wildman–Crippen LogP) is 0.891. The van der Waals surface area contributed by atoms with Crippen molar-refractivity contribution in [2.45, 2.75) is 26.8 Å². The first-order chi connectivity index (χ1) is 8.34. The predicted molar refractivity (Wildman–Crippen MR) is 73.2 cm³/mol. The van der Waals surface area contributed by atoms with Gasteiger partial charge in [-0.1, -0.05) is 20.3 Å². The number of aromatic nitrogens is 1. The van der Waals surface area contributed by atoms with Gasteiger partial charge in [-0.2, -0.15) is 0 Å². The average Bonchev–Trinajstić information content (AvgIpc) is 2.30. The molecule has 0 saturated carbocycles. The van der Waals surface area contributed by atoms with E-state index >= 15 is 0 Å². The number of hydrogen-bond donors (Lipinski definition) is 1. The van der Waals surface area contributed by atoms with Crippen LogP contribution in [0.25, 0.3) is 0 Å². The number of sulfone groups is 1. The van der Waals surface area contributed by atoms with Gasteiger partial charge >= 0.3 is 0 Å². The molecule has 0 amide bonds. The highest BCUT2D eigenvalue weighted by Crippen LogP contribution is 2.06. The minimum absolute atomic E-state index is 0.0271. The number of nitrogens with two attached hydrogens (primary N) is 1. The molecule has 5 nitrogen and oxygen atoms in total. The van der Waals surface area contributed by atoms with Crippen molar-refractivity contribution in [3.05, 3.63) is 28.7 Å². The zero-order valence-corrected chi connectivity index (χ0v) is 11.6. The molecule has 18 heavy (non-hydrogen) atoms. The van der Waals surface area contributed by atoms with Gasteiger partial charge in [0.15, 0.2) is 9.84 Å². The maximum atomic E-state index is 11.8. The molecule has 0 spiro atoms. The van der Waals surface area contributed by atoms with E-state index in [9.17, 15) is 13.2 Å². The first kappa shape index (κ1) is 14.8. The fraction of sp³-hybridized carbons (Fsp3) is 0.583.